The summed E-state index contributed by atoms with van der Waals surface area (Å²) in [4.78, 5) is 16.7. The van der Waals surface area contributed by atoms with Crippen LogP contribution in [0.4, 0.5) is 8.78 Å². The first kappa shape index (κ1) is 17.4. The molecule has 1 unspecified atom stereocenters. The van der Waals surface area contributed by atoms with Gasteiger partial charge in [-0.15, -0.1) is 0 Å². The van der Waals surface area contributed by atoms with Crippen LogP contribution in [0.2, 0.25) is 10.2 Å². The molecule has 1 aliphatic carbocycles. The minimum atomic E-state index is -2.63. The van der Waals surface area contributed by atoms with Crippen LogP contribution >= 0.6 is 23.2 Å². The number of carbonyl (C=O) groups excluding carboxylic acids is 1. The predicted molar refractivity (Wildman–Crippen MR) is 91.0 cm³/mol. The quantitative estimate of drug-likeness (QED) is 0.761. The Bertz CT molecular complexity index is 783. The fourth-order valence-corrected chi connectivity index (χ4v) is 3.56. The third-order valence-electron chi connectivity index (χ3n) is 4.31. The molecule has 1 aliphatic rings. The zero-order valence-corrected chi connectivity index (χ0v) is 14.3. The van der Waals surface area contributed by atoms with Gasteiger partial charge in [0.25, 0.3) is 5.91 Å². The first-order valence-corrected chi connectivity index (χ1v) is 8.52. The number of halogens is 4. The number of alkyl halides is 2. The number of carbonyl (C=O) groups is 1. The molecule has 1 N–H and O–H groups in total. The smallest absolute Gasteiger partial charge is 0.253 e. The van der Waals surface area contributed by atoms with Gasteiger partial charge in [0.15, 0.2) is 0 Å². The molecule has 0 bridgehead atoms. The van der Waals surface area contributed by atoms with Crippen molar-refractivity contribution in [2.75, 3.05) is 6.54 Å². The molecule has 128 valence electrons. The summed E-state index contributed by atoms with van der Waals surface area (Å²) in [6.07, 6.45) is 0.911. The number of amides is 1. The number of pyridine rings is 1. The lowest BCUT2D eigenvalue weighted by Crippen LogP contribution is -2.35. The molecule has 3 rings (SSSR count). The molecule has 2 aromatic rings. The first-order chi connectivity index (χ1) is 11.4. The Hall–Kier alpha value is -1.46. The molecule has 24 heavy (non-hydrogen) atoms. The van der Waals surface area contributed by atoms with Crippen molar-refractivity contribution in [3.05, 3.63) is 40.0 Å². The standard InChI is InChI=1S/C17H16Cl2F2N2O/c18-12-4-5-13-11(3-6-14(19)23-13)15(12)16(24)22-9-10-2-1-7-17(20,21)8-10/h3-6,10H,1-2,7-9H2,(H,22,24). The van der Waals surface area contributed by atoms with Gasteiger partial charge >= 0.3 is 0 Å². The Kier molecular flexibility index (Phi) is 4.92. The summed E-state index contributed by atoms with van der Waals surface area (Å²) in [6.45, 7) is 0.210. The normalized spacial score (nSPS) is 20.1. The second-order valence-corrected chi connectivity index (χ2v) is 6.95. The maximum absolute atomic E-state index is 13.5. The molecular formula is C17H16Cl2F2N2O. The van der Waals surface area contributed by atoms with Crippen molar-refractivity contribution in [3.63, 3.8) is 0 Å². The van der Waals surface area contributed by atoms with Crippen LogP contribution in [0.1, 0.15) is 36.0 Å². The van der Waals surface area contributed by atoms with Gasteiger partial charge in [0.2, 0.25) is 5.92 Å². The third kappa shape index (κ3) is 3.78. The van der Waals surface area contributed by atoms with Crippen LogP contribution in [-0.4, -0.2) is 23.4 Å². The van der Waals surface area contributed by atoms with Crippen molar-refractivity contribution in [1.29, 1.82) is 0 Å². The Labute approximate surface area is 148 Å². The molecule has 1 atom stereocenters. The summed E-state index contributed by atoms with van der Waals surface area (Å²) in [7, 11) is 0. The summed E-state index contributed by atoms with van der Waals surface area (Å²) < 4.78 is 26.9. The van der Waals surface area contributed by atoms with Gasteiger partial charge in [-0.1, -0.05) is 23.2 Å². The van der Waals surface area contributed by atoms with E-state index >= 15 is 0 Å². The fraction of sp³-hybridized carbons (Fsp3) is 0.412. The minimum Gasteiger partial charge on any atom is -0.352 e. The SMILES string of the molecule is O=C(NCC1CCCC(F)(F)C1)c1c(Cl)ccc2nc(Cl)ccc12. The monoisotopic (exact) mass is 372 g/mol. The molecule has 7 heteroatoms. The Morgan fingerprint density at radius 3 is 2.83 bits per heavy atom. The van der Waals surface area contributed by atoms with E-state index in [9.17, 15) is 13.6 Å². The van der Waals surface area contributed by atoms with Crippen LogP contribution in [0.3, 0.4) is 0 Å². The van der Waals surface area contributed by atoms with E-state index in [0.717, 1.165) is 0 Å². The van der Waals surface area contributed by atoms with E-state index in [1.807, 2.05) is 0 Å². The number of fused-ring (bicyclic) bond motifs is 1. The van der Waals surface area contributed by atoms with E-state index in [1.165, 1.54) is 0 Å². The van der Waals surface area contributed by atoms with Gasteiger partial charge in [0.1, 0.15) is 5.15 Å². The minimum absolute atomic E-state index is 0.0704. The molecule has 1 saturated carbocycles. The van der Waals surface area contributed by atoms with Gasteiger partial charge in [-0.25, -0.2) is 13.8 Å². The summed E-state index contributed by atoms with van der Waals surface area (Å²) in [5.74, 6) is -3.24. The Morgan fingerprint density at radius 2 is 2.08 bits per heavy atom. The van der Waals surface area contributed by atoms with Crippen LogP contribution in [0.15, 0.2) is 24.3 Å². The number of nitrogens with one attached hydrogen (secondary N) is 1. The molecule has 3 nitrogen and oxygen atoms in total. The van der Waals surface area contributed by atoms with Gasteiger partial charge in [0, 0.05) is 24.8 Å². The van der Waals surface area contributed by atoms with Crippen LogP contribution < -0.4 is 5.32 Å². The predicted octanol–water partition coefficient (Wildman–Crippen LogP) is 5.10. The largest absolute Gasteiger partial charge is 0.352 e. The van der Waals surface area contributed by atoms with Gasteiger partial charge < -0.3 is 5.32 Å². The highest BCUT2D eigenvalue weighted by atomic mass is 35.5. The van der Waals surface area contributed by atoms with E-state index in [4.69, 9.17) is 23.2 Å². The van der Waals surface area contributed by atoms with Crippen LogP contribution in [0.25, 0.3) is 10.9 Å². The number of benzene rings is 1. The highest BCUT2D eigenvalue weighted by molar-refractivity contribution is 6.35. The van der Waals surface area contributed by atoms with Crippen molar-refractivity contribution in [3.8, 4) is 0 Å². The van der Waals surface area contributed by atoms with Gasteiger partial charge in [-0.05, 0) is 43.0 Å². The second-order valence-electron chi connectivity index (χ2n) is 6.15. The summed E-state index contributed by atoms with van der Waals surface area (Å²) in [5.41, 5.74) is 0.849. The molecule has 1 fully saturated rings. The van der Waals surface area contributed by atoms with E-state index in [1.54, 1.807) is 24.3 Å². The average molecular weight is 373 g/mol. The lowest BCUT2D eigenvalue weighted by atomic mass is 9.86. The fourth-order valence-electron chi connectivity index (χ4n) is 3.16. The third-order valence-corrected chi connectivity index (χ3v) is 4.83. The lowest BCUT2D eigenvalue weighted by Gasteiger charge is -2.29. The second kappa shape index (κ2) is 6.81. The summed E-state index contributed by atoms with van der Waals surface area (Å²) >= 11 is 12.0. The lowest BCUT2D eigenvalue weighted by molar-refractivity contribution is -0.0518. The van der Waals surface area contributed by atoms with Crippen molar-refractivity contribution in [2.45, 2.75) is 31.6 Å². The number of hydrogen-bond acceptors (Lipinski definition) is 2. The highest BCUT2D eigenvalue weighted by Gasteiger charge is 2.36. The molecule has 1 heterocycles. The van der Waals surface area contributed by atoms with Gasteiger partial charge in [-0.2, -0.15) is 0 Å². The molecule has 0 aliphatic heterocycles. The number of rotatable bonds is 3. The molecular weight excluding hydrogens is 357 g/mol. The average Bonchev–Trinajstić information content (AvgIpc) is 2.52. The van der Waals surface area contributed by atoms with Crippen molar-refractivity contribution in [2.24, 2.45) is 5.92 Å². The number of hydrogen-bond donors (Lipinski definition) is 1. The molecule has 1 amide bonds. The Balaban J connectivity index is 1.78. The van der Waals surface area contributed by atoms with Crippen LogP contribution in [-0.2, 0) is 0 Å². The first-order valence-electron chi connectivity index (χ1n) is 7.76. The summed E-state index contributed by atoms with van der Waals surface area (Å²) in [6, 6.07) is 6.53. The van der Waals surface area contributed by atoms with Crippen molar-refractivity contribution < 1.29 is 13.6 Å². The van der Waals surface area contributed by atoms with E-state index < -0.39 is 5.92 Å². The zero-order valence-electron chi connectivity index (χ0n) is 12.8. The molecule has 1 aromatic heterocycles. The maximum atomic E-state index is 13.5. The van der Waals surface area contributed by atoms with E-state index in [0.29, 0.717) is 34.5 Å². The molecule has 1 aromatic carbocycles. The van der Waals surface area contributed by atoms with Crippen LogP contribution in [0, 0.1) is 5.92 Å². The topological polar surface area (TPSA) is 42.0 Å². The highest BCUT2D eigenvalue weighted by Crippen LogP contribution is 2.36. The maximum Gasteiger partial charge on any atom is 0.253 e. The van der Waals surface area contributed by atoms with Crippen LogP contribution in [0.5, 0.6) is 0 Å². The van der Waals surface area contributed by atoms with Gasteiger partial charge in [-0.3, -0.25) is 4.79 Å². The molecule has 0 spiro atoms. The summed E-state index contributed by atoms with van der Waals surface area (Å²) in [5, 5.41) is 3.93. The van der Waals surface area contributed by atoms with Crippen molar-refractivity contribution in [1.82, 2.24) is 10.3 Å². The number of nitrogens with zero attached hydrogens (tertiary/aromatic N) is 1. The van der Waals surface area contributed by atoms with E-state index in [2.05, 4.69) is 10.3 Å². The van der Waals surface area contributed by atoms with E-state index in [-0.39, 0.29) is 36.2 Å². The van der Waals surface area contributed by atoms with Gasteiger partial charge in [0.05, 0.1) is 16.1 Å². The molecule has 0 radical (unpaired) electrons. The Morgan fingerprint density at radius 1 is 1.29 bits per heavy atom. The number of aromatic nitrogens is 1. The molecule has 0 saturated heterocycles. The zero-order chi connectivity index (χ0) is 17.3. The van der Waals surface area contributed by atoms with Crippen molar-refractivity contribution >= 4 is 40.0 Å².